The highest BCUT2D eigenvalue weighted by Gasteiger charge is 2.28. The molecule has 0 aromatic carbocycles. The van der Waals surface area contributed by atoms with Crippen molar-refractivity contribution in [1.82, 2.24) is 5.32 Å². The van der Waals surface area contributed by atoms with Crippen molar-refractivity contribution in [1.29, 1.82) is 0 Å². The van der Waals surface area contributed by atoms with Crippen LogP contribution < -0.4 is 11.1 Å². The Labute approximate surface area is 124 Å². The van der Waals surface area contributed by atoms with Crippen LogP contribution in [0.1, 0.15) is 65.7 Å². The molecule has 1 fully saturated rings. The minimum atomic E-state index is -0.183. The van der Waals surface area contributed by atoms with Crippen LogP contribution in [-0.4, -0.2) is 18.0 Å². The Morgan fingerprint density at radius 1 is 1.32 bits per heavy atom. The van der Waals surface area contributed by atoms with Gasteiger partial charge in [0.1, 0.15) is 0 Å². The molecule has 1 saturated carbocycles. The summed E-state index contributed by atoms with van der Waals surface area (Å²) < 4.78 is 0. The number of hydrogen-bond donors (Lipinski definition) is 2. The number of rotatable bonds is 6. The molecule has 0 aromatic rings. The van der Waals surface area contributed by atoms with E-state index in [1.165, 1.54) is 25.7 Å². The van der Waals surface area contributed by atoms with Crippen molar-refractivity contribution in [3.05, 3.63) is 0 Å². The van der Waals surface area contributed by atoms with Gasteiger partial charge >= 0.3 is 0 Å². The lowest BCUT2D eigenvalue weighted by Crippen LogP contribution is -2.53. The van der Waals surface area contributed by atoms with Gasteiger partial charge in [0.2, 0.25) is 5.91 Å². The van der Waals surface area contributed by atoms with Crippen molar-refractivity contribution in [2.24, 2.45) is 17.6 Å². The summed E-state index contributed by atoms with van der Waals surface area (Å²) in [4.78, 5) is 12.1. The van der Waals surface area contributed by atoms with Gasteiger partial charge in [-0.2, -0.15) is 0 Å². The van der Waals surface area contributed by atoms with E-state index >= 15 is 0 Å². The molecule has 1 rings (SSSR count). The maximum atomic E-state index is 12.1. The maximum absolute atomic E-state index is 12.1. The SMILES string of the molecule is CCC(CC)(CN)NC(=O)CC1CCCC(C)C1.Cl. The van der Waals surface area contributed by atoms with Crippen molar-refractivity contribution >= 4 is 18.3 Å². The summed E-state index contributed by atoms with van der Waals surface area (Å²) in [6, 6.07) is 0. The molecule has 0 bridgehead atoms. The maximum Gasteiger partial charge on any atom is 0.220 e. The number of carbonyl (C=O) groups excluding carboxylic acids is 1. The molecular formula is C15H31ClN2O. The van der Waals surface area contributed by atoms with Gasteiger partial charge in [0.25, 0.3) is 0 Å². The zero-order valence-electron chi connectivity index (χ0n) is 12.7. The molecular weight excluding hydrogens is 260 g/mol. The van der Waals surface area contributed by atoms with E-state index in [1.54, 1.807) is 0 Å². The Balaban J connectivity index is 0.00000324. The molecule has 3 N–H and O–H groups in total. The molecule has 0 saturated heterocycles. The second kappa shape index (κ2) is 8.80. The molecule has 2 atom stereocenters. The van der Waals surface area contributed by atoms with E-state index in [0.29, 0.717) is 18.9 Å². The lowest BCUT2D eigenvalue weighted by Gasteiger charge is -2.33. The summed E-state index contributed by atoms with van der Waals surface area (Å²) >= 11 is 0. The molecule has 4 heteroatoms. The third-order valence-electron chi connectivity index (χ3n) is 4.67. The van der Waals surface area contributed by atoms with E-state index in [2.05, 4.69) is 26.1 Å². The summed E-state index contributed by atoms with van der Waals surface area (Å²) in [6.07, 6.45) is 7.54. The summed E-state index contributed by atoms with van der Waals surface area (Å²) in [5.74, 6) is 1.56. The lowest BCUT2D eigenvalue weighted by molar-refractivity contribution is -0.124. The standard InChI is InChI=1S/C15H30N2O.ClH/c1-4-15(5-2,11-16)17-14(18)10-13-8-6-7-12(3)9-13;/h12-13H,4-11,16H2,1-3H3,(H,17,18);1H. The fourth-order valence-corrected chi connectivity index (χ4v) is 3.12. The van der Waals surface area contributed by atoms with Crippen LogP contribution in [0.4, 0.5) is 0 Å². The van der Waals surface area contributed by atoms with Crippen LogP contribution in [0.3, 0.4) is 0 Å². The molecule has 19 heavy (non-hydrogen) atoms. The molecule has 1 aliphatic carbocycles. The molecule has 0 spiro atoms. The molecule has 114 valence electrons. The van der Waals surface area contributed by atoms with Crippen molar-refractivity contribution in [2.75, 3.05) is 6.54 Å². The van der Waals surface area contributed by atoms with Crippen LogP contribution in [-0.2, 0) is 4.79 Å². The highest BCUT2D eigenvalue weighted by atomic mass is 35.5. The minimum Gasteiger partial charge on any atom is -0.349 e. The third-order valence-corrected chi connectivity index (χ3v) is 4.67. The van der Waals surface area contributed by atoms with E-state index in [-0.39, 0.29) is 23.9 Å². The van der Waals surface area contributed by atoms with Gasteiger partial charge in [-0.05, 0) is 37.5 Å². The van der Waals surface area contributed by atoms with Gasteiger partial charge in [-0.15, -0.1) is 12.4 Å². The van der Waals surface area contributed by atoms with Crippen molar-refractivity contribution in [3.63, 3.8) is 0 Å². The molecule has 2 unspecified atom stereocenters. The van der Waals surface area contributed by atoms with Crippen LogP contribution in [0.25, 0.3) is 0 Å². The number of nitrogens with one attached hydrogen (secondary N) is 1. The largest absolute Gasteiger partial charge is 0.349 e. The van der Waals surface area contributed by atoms with E-state index < -0.39 is 0 Å². The molecule has 1 amide bonds. The van der Waals surface area contributed by atoms with Gasteiger partial charge in [-0.1, -0.05) is 33.6 Å². The second-order valence-corrected chi connectivity index (χ2v) is 6.08. The van der Waals surface area contributed by atoms with Crippen LogP contribution in [0, 0.1) is 11.8 Å². The van der Waals surface area contributed by atoms with E-state index in [9.17, 15) is 4.79 Å². The van der Waals surface area contributed by atoms with E-state index in [1.807, 2.05) is 0 Å². The average molecular weight is 291 g/mol. The molecule has 0 radical (unpaired) electrons. The van der Waals surface area contributed by atoms with Crippen LogP contribution >= 0.6 is 12.4 Å². The number of nitrogens with two attached hydrogens (primary N) is 1. The van der Waals surface area contributed by atoms with Crippen LogP contribution in [0.2, 0.25) is 0 Å². The smallest absolute Gasteiger partial charge is 0.220 e. The molecule has 0 aromatic heterocycles. The highest BCUT2D eigenvalue weighted by Crippen LogP contribution is 2.30. The Morgan fingerprint density at radius 2 is 1.95 bits per heavy atom. The summed E-state index contributed by atoms with van der Waals surface area (Å²) in [5.41, 5.74) is 5.63. The van der Waals surface area contributed by atoms with Crippen LogP contribution in [0.15, 0.2) is 0 Å². The normalized spacial score (nSPS) is 23.6. The van der Waals surface area contributed by atoms with Crippen molar-refractivity contribution in [3.8, 4) is 0 Å². The predicted octanol–water partition coefficient (Wildman–Crippen LogP) is 3.26. The van der Waals surface area contributed by atoms with Gasteiger partial charge in [-0.25, -0.2) is 0 Å². The van der Waals surface area contributed by atoms with Gasteiger partial charge in [0.15, 0.2) is 0 Å². The number of carbonyl (C=O) groups is 1. The van der Waals surface area contributed by atoms with Crippen molar-refractivity contribution < 1.29 is 4.79 Å². The van der Waals surface area contributed by atoms with E-state index in [4.69, 9.17) is 5.73 Å². The summed E-state index contributed by atoms with van der Waals surface area (Å²) in [5, 5.41) is 3.18. The predicted molar refractivity (Wildman–Crippen MR) is 83.5 cm³/mol. The lowest BCUT2D eigenvalue weighted by atomic mass is 9.80. The zero-order valence-corrected chi connectivity index (χ0v) is 13.5. The monoisotopic (exact) mass is 290 g/mol. The highest BCUT2D eigenvalue weighted by molar-refractivity contribution is 5.85. The second-order valence-electron chi connectivity index (χ2n) is 6.08. The van der Waals surface area contributed by atoms with Gasteiger partial charge in [-0.3, -0.25) is 4.79 Å². The quantitative estimate of drug-likeness (QED) is 0.789. The minimum absolute atomic E-state index is 0. The fraction of sp³-hybridized carbons (Fsp3) is 0.933. The number of halogens is 1. The molecule has 1 aliphatic rings. The first-order chi connectivity index (χ1) is 8.55. The first kappa shape index (κ1) is 18.7. The third kappa shape index (κ3) is 5.70. The average Bonchev–Trinajstić information content (AvgIpc) is 2.36. The van der Waals surface area contributed by atoms with Crippen molar-refractivity contribution in [2.45, 2.75) is 71.3 Å². The molecule has 0 heterocycles. The van der Waals surface area contributed by atoms with Gasteiger partial charge in [0.05, 0.1) is 5.54 Å². The topological polar surface area (TPSA) is 55.1 Å². The first-order valence-corrected chi connectivity index (χ1v) is 7.56. The molecule has 3 nitrogen and oxygen atoms in total. The number of amides is 1. The summed E-state index contributed by atoms with van der Waals surface area (Å²) in [6.45, 7) is 7.03. The van der Waals surface area contributed by atoms with E-state index in [0.717, 1.165) is 18.8 Å². The van der Waals surface area contributed by atoms with Gasteiger partial charge in [0, 0.05) is 13.0 Å². The van der Waals surface area contributed by atoms with Gasteiger partial charge < -0.3 is 11.1 Å². The summed E-state index contributed by atoms with van der Waals surface area (Å²) in [7, 11) is 0. The zero-order chi connectivity index (χ0) is 13.6. The molecule has 0 aliphatic heterocycles. The number of hydrogen-bond acceptors (Lipinski definition) is 2. The Morgan fingerprint density at radius 3 is 2.42 bits per heavy atom. The Hall–Kier alpha value is -0.280. The fourth-order valence-electron chi connectivity index (χ4n) is 3.12. The van der Waals surface area contributed by atoms with Crippen LogP contribution in [0.5, 0.6) is 0 Å². The Kier molecular flexibility index (Phi) is 8.67. The first-order valence-electron chi connectivity index (χ1n) is 7.56. The Bertz CT molecular complexity index is 259.